The van der Waals surface area contributed by atoms with Crippen LogP contribution < -0.4 is 0 Å². The van der Waals surface area contributed by atoms with Crippen LogP contribution in [0.25, 0.3) is 0 Å². The van der Waals surface area contributed by atoms with Gasteiger partial charge in [0, 0.05) is 5.41 Å². The van der Waals surface area contributed by atoms with Crippen LogP contribution in [0.1, 0.15) is 29.6 Å². The molecule has 1 aromatic rings. The maximum atomic E-state index is 13.7. The topological polar surface area (TPSA) is 17.1 Å². The Morgan fingerprint density at radius 2 is 1.70 bits per heavy atom. The summed E-state index contributed by atoms with van der Waals surface area (Å²) in [4.78, 5) is 12.2. The first kappa shape index (κ1) is 13.8. The van der Waals surface area contributed by atoms with Crippen molar-refractivity contribution in [2.45, 2.75) is 25.4 Å². The van der Waals surface area contributed by atoms with Gasteiger partial charge in [0.05, 0.1) is 11.0 Å². The fourth-order valence-corrected chi connectivity index (χ4v) is 3.48. The quantitative estimate of drug-likeness (QED) is 0.445. The van der Waals surface area contributed by atoms with Crippen LogP contribution in [0.15, 0.2) is 12.1 Å². The summed E-state index contributed by atoms with van der Waals surface area (Å²) in [5.74, 6) is -2.93. The van der Waals surface area contributed by atoms with Crippen molar-refractivity contribution in [1.82, 2.24) is 0 Å². The van der Waals surface area contributed by atoms with Crippen molar-refractivity contribution in [3.05, 3.63) is 34.4 Å². The molecule has 0 N–H and O–H groups in total. The van der Waals surface area contributed by atoms with E-state index in [0.29, 0.717) is 0 Å². The number of benzene rings is 1. The second-order valence-corrected chi connectivity index (χ2v) is 6.02. The zero-order valence-corrected chi connectivity index (χ0v) is 10.7. The third kappa shape index (κ3) is 1.51. The maximum absolute atomic E-state index is 13.7. The summed E-state index contributed by atoms with van der Waals surface area (Å²) in [5, 5.41) is -0.812. The minimum Gasteiger partial charge on any atom is -0.293 e. The molecule has 3 aliphatic carbocycles. The van der Waals surface area contributed by atoms with Crippen LogP contribution in [0.4, 0.5) is 22.0 Å². The second-order valence-electron chi connectivity index (χ2n) is 5.64. The van der Waals surface area contributed by atoms with E-state index in [4.69, 9.17) is 11.6 Å². The largest absolute Gasteiger partial charge is 0.394 e. The molecule has 0 heterocycles. The van der Waals surface area contributed by atoms with Gasteiger partial charge in [-0.25, -0.2) is 8.78 Å². The average molecular weight is 311 g/mol. The van der Waals surface area contributed by atoms with Gasteiger partial charge in [0.1, 0.15) is 10.8 Å². The van der Waals surface area contributed by atoms with Gasteiger partial charge in [-0.3, -0.25) is 4.79 Å². The zero-order chi connectivity index (χ0) is 14.9. The molecule has 0 unspecified atom stereocenters. The van der Waals surface area contributed by atoms with E-state index in [1.54, 1.807) is 0 Å². The van der Waals surface area contributed by atoms with E-state index in [-0.39, 0.29) is 19.3 Å². The fraction of sp³-hybridized carbons (Fsp3) is 0.462. The zero-order valence-electron chi connectivity index (χ0n) is 9.95. The highest BCUT2D eigenvalue weighted by Crippen LogP contribution is 2.79. The molecule has 108 valence electrons. The molecule has 2 bridgehead atoms. The molecule has 3 fully saturated rings. The fourth-order valence-electron chi connectivity index (χ4n) is 3.32. The maximum Gasteiger partial charge on any atom is 0.394 e. The molecular formula is C13H8ClF5O. The van der Waals surface area contributed by atoms with Crippen molar-refractivity contribution in [3.63, 3.8) is 0 Å². The highest BCUT2D eigenvalue weighted by atomic mass is 35.5. The van der Waals surface area contributed by atoms with Crippen molar-refractivity contribution >= 4 is 17.4 Å². The number of halogens is 6. The van der Waals surface area contributed by atoms with Gasteiger partial charge in [0.15, 0.2) is 11.6 Å². The van der Waals surface area contributed by atoms with Gasteiger partial charge in [-0.05, 0) is 31.4 Å². The highest BCUT2D eigenvalue weighted by Gasteiger charge is 2.80. The van der Waals surface area contributed by atoms with Crippen molar-refractivity contribution in [2.75, 3.05) is 0 Å². The molecule has 1 aromatic carbocycles. The number of ketones is 1. The Bertz CT molecular complexity index is 602. The molecule has 20 heavy (non-hydrogen) atoms. The number of Topliss-reactive ketones (excluding diaryl/α,β-unsaturated/α-hetero) is 1. The van der Waals surface area contributed by atoms with Crippen LogP contribution in [0.2, 0.25) is 5.02 Å². The monoisotopic (exact) mass is 310 g/mol. The summed E-state index contributed by atoms with van der Waals surface area (Å²) < 4.78 is 64.8. The molecular weight excluding hydrogens is 303 g/mol. The van der Waals surface area contributed by atoms with Crippen molar-refractivity contribution in [3.8, 4) is 0 Å². The van der Waals surface area contributed by atoms with Crippen molar-refractivity contribution in [2.24, 2.45) is 10.8 Å². The number of hydrogen-bond acceptors (Lipinski definition) is 1. The predicted molar refractivity (Wildman–Crippen MR) is 60.5 cm³/mol. The lowest BCUT2D eigenvalue weighted by molar-refractivity contribution is -0.346. The Balaban J connectivity index is 1.86. The van der Waals surface area contributed by atoms with Gasteiger partial charge < -0.3 is 0 Å². The molecule has 7 heteroatoms. The Morgan fingerprint density at radius 1 is 1.15 bits per heavy atom. The third-order valence-electron chi connectivity index (χ3n) is 4.39. The summed E-state index contributed by atoms with van der Waals surface area (Å²) in [6.45, 7) is 0. The molecule has 4 rings (SSSR count). The number of carbonyl (C=O) groups is 1. The first-order valence-corrected chi connectivity index (χ1v) is 6.25. The van der Waals surface area contributed by atoms with Gasteiger partial charge in [-0.15, -0.1) is 0 Å². The second kappa shape index (κ2) is 3.72. The molecule has 0 radical (unpaired) electrons. The molecule has 0 spiro atoms. The van der Waals surface area contributed by atoms with Gasteiger partial charge in [0.25, 0.3) is 0 Å². The van der Waals surface area contributed by atoms with E-state index in [9.17, 15) is 26.7 Å². The van der Waals surface area contributed by atoms with Crippen LogP contribution >= 0.6 is 11.6 Å². The molecule has 1 nitrogen and oxygen atoms in total. The number of hydrogen-bond donors (Lipinski definition) is 0. The number of carbonyl (C=O) groups excluding carboxylic acids is 1. The van der Waals surface area contributed by atoms with Crippen LogP contribution in [0.5, 0.6) is 0 Å². The third-order valence-corrected chi connectivity index (χ3v) is 4.74. The van der Waals surface area contributed by atoms with Crippen LogP contribution in [0.3, 0.4) is 0 Å². The van der Waals surface area contributed by atoms with Crippen LogP contribution in [-0.2, 0) is 0 Å². The van der Waals surface area contributed by atoms with Crippen LogP contribution in [0, 0.1) is 22.5 Å². The van der Waals surface area contributed by atoms with E-state index < -0.39 is 45.0 Å². The predicted octanol–water partition coefficient (Wildman–Crippen LogP) is 4.53. The first-order valence-electron chi connectivity index (χ1n) is 5.87. The molecule has 0 saturated heterocycles. The number of rotatable bonds is 2. The number of alkyl halides is 3. The smallest absolute Gasteiger partial charge is 0.293 e. The van der Waals surface area contributed by atoms with E-state index in [0.717, 1.165) is 12.1 Å². The van der Waals surface area contributed by atoms with E-state index in [2.05, 4.69) is 0 Å². The molecule has 3 saturated carbocycles. The first-order chi connectivity index (χ1) is 9.12. The Kier molecular flexibility index (Phi) is 2.57. The lowest BCUT2D eigenvalue weighted by Crippen LogP contribution is -2.70. The average Bonchev–Trinajstić information content (AvgIpc) is 2.20. The van der Waals surface area contributed by atoms with Gasteiger partial charge in [0.2, 0.25) is 0 Å². The van der Waals surface area contributed by atoms with E-state index in [1.165, 1.54) is 0 Å². The Hall–Kier alpha value is -1.17. The van der Waals surface area contributed by atoms with E-state index >= 15 is 0 Å². The molecule has 0 aromatic heterocycles. The minimum absolute atomic E-state index is 0.323. The van der Waals surface area contributed by atoms with Crippen molar-refractivity contribution in [1.29, 1.82) is 0 Å². The highest BCUT2D eigenvalue weighted by molar-refractivity contribution is 6.31. The van der Waals surface area contributed by atoms with Gasteiger partial charge in [-0.2, -0.15) is 13.2 Å². The molecule has 3 aliphatic rings. The summed E-state index contributed by atoms with van der Waals surface area (Å²) in [6.07, 6.45) is -5.31. The summed E-state index contributed by atoms with van der Waals surface area (Å²) in [7, 11) is 0. The SMILES string of the molecule is O=C(c1ccc(F)c(Cl)c1F)C12CC(C(F)(F)F)(C1)C2. The standard InChI is InChI=1S/C13H8ClF5O/c14-8-7(15)2-1-6(9(8)16)10(20)11-3-12(4-11,5-11)13(17,18)19/h1-2H,3-5H2. The summed E-state index contributed by atoms with van der Waals surface area (Å²) >= 11 is 5.37. The van der Waals surface area contributed by atoms with E-state index in [1.807, 2.05) is 0 Å². The van der Waals surface area contributed by atoms with Gasteiger partial charge in [-0.1, -0.05) is 11.6 Å². The molecule has 0 atom stereocenters. The Morgan fingerprint density at radius 3 is 2.20 bits per heavy atom. The van der Waals surface area contributed by atoms with Crippen LogP contribution in [-0.4, -0.2) is 12.0 Å². The normalized spacial score (nSPS) is 31.5. The summed E-state index contributed by atoms with van der Waals surface area (Å²) in [5.41, 5.74) is -3.38. The molecule has 0 aliphatic heterocycles. The Labute approximate surface area is 115 Å². The van der Waals surface area contributed by atoms with Crippen molar-refractivity contribution < 1.29 is 26.7 Å². The van der Waals surface area contributed by atoms with Gasteiger partial charge >= 0.3 is 6.18 Å². The lowest BCUT2D eigenvalue weighted by atomic mass is 9.33. The minimum atomic E-state index is -4.34. The molecule has 0 amide bonds. The lowest BCUT2D eigenvalue weighted by Gasteiger charge is -2.69. The summed E-state index contributed by atoms with van der Waals surface area (Å²) in [6, 6.07) is 1.77.